The number of halogens is 3. The van der Waals surface area contributed by atoms with Crippen LogP contribution in [0.1, 0.15) is 35.7 Å². The van der Waals surface area contributed by atoms with Crippen LogP contribution in [-0.4, -0.2) is 79.7 Å². The number of rotatable bonds is 7. The molecule has 2 heterocycles. The molecule has 2 aromatic rings. The summed E-state index contributed by atoms with van der Waals surface area (Å²) in [5, 5.41) is 15.2. The number of carbonyl (C=O) groups is 2. The Bertz CT molecular complexity index is 1320. The molecule has 2 aromatic carbocycles. The Morgan fingerprint density at radius 3 is 2.15 bits per heavy atom. The summed E-state index contributed by atoms with van der Waals surface area (Å²) in [4.78, 5) is 29.2. The Labute approximate surface area is 250 Å². The number of sulfonamides is 1. The molecule has 0 saturated carbocycles. The largest absolute Gasteiger partial charge is 0.380 e. The maximum Gasteiger partial charge on any atom is 0.266 e. The highest BCUT2D eigenvalue weighted by molar-refractivity contribution is 7.89. The van der Waals surface area contributed by atoms with Crippen molar-refractivity contribution in [2.75, 3.05) is 37.8 Å². The van der Waals surface area contributed by atoms with Crippen molar-refractivity contribution in [2.45, 2.75) is 37.5 Å². The van der Waals surface area contributed by atoms with Gasteiger partial charge in [0.1, 0.15) is 0 Å². The lowest BCUT2D eigenvalue weighted by Crippen LogP contribution is -2.61. The molecule has 0 aromatic heterocycles. The van der Waals surface area contributed by atoms with Gasteiger partial charge in [0.15, 0.2) is 5.60 Å². The van der Waals surface area contributed by atoms with E-state index in [0.717, 1.165) is 37.9 Å². The van der Waals surface area contributed by atoms with Crippen LogP contribution in [0.3, 0.4) is 0 Å². The van der Waals surface area contributed by atoms with Gasteiger partial charge in [0, 0.05) is 48.0 Å². The number of nitrogens with one attached hydrogen (secondary N) is 2. The van der Waals surface area contributed by atoms with Gasteiger partial charge in [-0.2, -0.15) is 13.5 Å². The number of amides is 2. The second-order valence-corrected chi connectivity index (χ2v) is 13.0. The average Bonchev–Trinajstić information content (AvgIpc) is 2.79. The van der Waals surface area contributed by atoms with Gasteiger partial charge in [-0.25, -0.2) is 13.1 Å². The summed E-state index contributed by atoms with van der Waals surface area (Å²) in [5.74, 6) is -1.15. The normalized spacial score (nSPS) is 18.5. The third-order valence-corrected chi connectivity index (χ3v) is 8.19. The molecule has 0 unspecified atom stereocenters. The average molecular weight is 638 g/mol. The molecule has 2 aliphatic rings. The highest BCUT2D eigenvalue weighted by Crippen LogP contribution is 2.31. The lowest BCUT2D eigenvalue weighted by atomic mass is 9.92. The van der Waals surface area contributed by atoms with Crippen molar-refractivity contribution in [1.82, 2.24) is 14.5 Å². The van der Waals surface area contributed by atoms with Gasteiger partial charge in [0.2, 0.25) is 10.0 Å². The molecule has 1 atom stereocenters. The van der Waals surface area contributed by atoms with Crippen LogP contribution in [0.5, 0.6) is 0 Å². The molecule has 2 aliphatic heterocycles. The third kappa shape index (κ3) is 7.72. The van der Waals surface area contributed by atoms with Gasteiger partial charge in [0.25, 0.3) is 11.8 Å². The van der Waals surface area contributed by atoms with Crippen molar-refractivity contribution in [3.63, 3.8) is 0 Å². The summed E-state index contributed by atoms with van der Waals surface area (Å²) in [6, 6.07) is 9.95. The van der Waals surface area contributed by atoms with E-state index in [1.165, 1.54) is 13.0 Å². The van der Waals surface area contributed by atoms with Gasteiger partial charge in [-0.05, 0) is 61.7 Å². The highest BCUT2D eigenvalue weighted by atomic mass is 35.5. The van der Waals surface area contributed by atoms with Gasteiger partial charge in [-0.1, -0.05) is 34.8 Å². The first-order chi connectivity index (χ1) is 17.7. The van der Waals surface area contributed by atoms with Crippen molar-refractivity contribution in [3.05, 3.63) is 62.6 Å². The van der Waals surface area contributed by atoms with Crippen LogP contribution in [0.4, 0.5) is 5.69 Å². The third-order valence-electron chi connectivity index (χ3n) is 6.88. The second-order valence-electron chi connectivity index (χ2n) is 9.95. The van der Waals surface area contributed by atoms with Crippen molar-refractivity contribution in [1.29, 1.82) is 0 Å². The molecule has 2 saturated heterocycles. The molecule has 14 heteroatoms. The van der Waals surface area contributed by atoms with Crippen LogP contribution in [0, 0.1) is 0 Å². The zero-order valence-corrected chi connectivity index (χ0v) is 25.5. The molecule has 0 bridgehead atoms. The van der Waals surface area contributed by atoms with Crippen molar-refractivity contribution >= 4 is 75.8 Å². The summed E-state index contributed by atoms with van der Waals surface area (Å²) in [5.41, 5.74) is -0.547. The maximum atomic E-state index is 13.1. The molecule has 0 spiro atoms. The Morgan fingerprint density at radius 2 is 1.62 bits per heavy atom. The lowest BCUT2D eigenvalue weighted by molar-refractivity contribution is -0.152. The number of nitrogens with zero attached hydrogens (tertiary/aromatic N) is 2. The number of aliphatic hydroxyl groups is 1. The molecule has 0 aliphatic carbocycles. The fourth-order valence-electron chi connectivity index (χ4n) is 4.85. The number of carbonyl (C=O) groups excluding carboxylic acids is 2. The van der Waals surface area contributed by atoms with Crippen LogP contribution in [0.2, 0.25) is 15.1 Å². The van der Waals surface area contributed by atoms with Crippen molar-refractivity contribution < 1.29 is 23.1 Å². The number of hydrogen-bond donors (Lipinski definition) is 3. The quantitative estimate of drug-likeness (QED) is 0.426. The Balaban J connectivity index is 0.00000420. The molecule has 39 heavy (non-hydrogen) atoms. The van der Waals surface area contributed by atoms with Gasteiger partial charge in [-0.3, -0.25) is 14.5 Å². The zero-order valence-electron chi connectivity index (χ0n) is 21.4. The molecular formula is C25H31Cl3N4O5S2. The molecule has 9 nitrogen and oxygen atoms in total. The summed E-state index contributed by atoms with van der Waals surface area (Å²) in [6.45, 7) is 4.16. The first kappa shape index (κ1) is 31.8. The molecule has 214 valence electrons. The van der Waals surface area contributed by atoms with E-state index in [9.17, 15) is 23.1 Å². The molecule has 2 amide bonds. The molecule has 2 fully saturated rings. The number of benzene rings is 2. The zero-order chi connectivity index (χ0) is 27.8. The first-order valence-electron chi connectivity index (χ1n) is 12.0. The number of hydrogen-bond acceptors (Lipinski definition) is 7. The molecule has 3 N–H and O–H groups in total. The van der Waals surface area contributed by atoms with E-state index in [1.54, 1.807) is 35.2 Å². The van der Waals surface area contributed by atoms with Gasteiger partial charge in [-0.15, -0.1) is 0 Å². The van der Waals surface area contributed by atoms with Gasteiger partial charge in [0.05, 0.1) is 22.9 Å². The van der Waals surface area contributed by atoms with E-state index < -0.39 is 21.5 Å². The van der Waals surface area contributed by atoms with Crippen molar-refractivity contribution in [3.8, 4) is 0 Å². The minimum absolute atomic E-state index is 0. The van der Waals surface area contributed by atoms with Crippen LogP contribution >= 0.6 is 48.3 Å². The SMILES string of the molecule is C[C@@](O)(C(=O)N1CCC(N2CC(Nc3ccc(C(=O)NS(C)(=O)=O)c(Cl)c3)C2)CC1)c1cc(Cl)cc(Cl)c1.S. The van der Waals surface area contributed by atoms with Crippen LogP contribution < -0.4 is 10.0 Å². The minimum Gasteiger partial charge on any atom is -0.380 e. The summed E-state index contributed by atoms with van der Waals surface area (Å²) in [7, 11) is -3.68. The lowest BCUT2D eigenvalue weighted by Gasteiger charge is -2.48. The highest BCUT2D eigenvalue weighted by Gasteiger charge is 2.40. The van der Waals surface area contributed by atoms with E-state index in [0.29, 0.717) is 34.7 Å². The van der Waals surface area contributed by atoms with Gasteiger partial charge >= 0.3 is 0 Å². The fraction of sp³-hybridized carbons (Fsp3) is 0.440. The van der Waals surface area contributed by atoms with Crippen LogP contribution in [-0.2, 0) is 20.4 Å². The topological polar surface area (TPSA) is 119 Å². The van der Waals surface area contributed by atoms with E-state index in [2.05, 4.69) is 10.2 Å². The van der Waals surface area contributed by atoms with Crippen molar-refractivity contribution in [2.24, 2.45) is 0 Å². The van der Waals surface area contributed by atoms with E-state index in [4.69, 9.17) is 34.8 Å². The van der Waals surface area contributed by atoms with Crippen LogP contribution in [0.15, 0.2) is 36.4 Å². The van der Waals surface area contributed by atoms with E-state index in [1.807, 2.05) is 4.72 Å². The maximum absolute atomic E-state index is 13.1. The number of piperidine rings is 1. The Hall–Kier alpha value is -1.73. The number of likely N-dealkylation sites (tertiary alicyclic amines) is 2. The summed E-state index contributed by atoms with van der Waals surface area (Å²) >= 11 is 18.3. The predicted molar refractivity (Wildman–Crippen MR) is 159 cm³/mol. The molecule has 0 radical (unpaired) electrons. The Morgan fingerprint density at radius 1 is 1.03 bits per heavy atom. The Kier molecular flexibility index (Phi) is 10.1. The van der Waals surface area contributed by atoms with E-state index >= 15 is 0 Å². The summed E-state index contributed by atoms with van der Waals surface area (Å²) < 4.78 is 24.5. The molecular weight excluding hydrogens is 607 g/mol. The standard InChI is InChI=1S/C25H29Cl3N4O5S.H2S/c1-25(35,15-9-16(26)11-17(27)10-15)24(34)31-7-5-20(6-8-31)32-13-19(14-32)29-18-3-4-21(22(28)12-18)23(33)30-38(2,36)37;/h3-4,9-12,19-20,29,35H,5-8,13-14H2,1-2H3,(H,30,33);1H2/t25-;/m0./s1. The number of anilines is 1. The van der Waals surface area contributed by atoms with Gasteiger partial charge < -0.3 is 15.3 Å². The smallest absolute Gasteiger partial charge is 0.266 e. The van der Waals surface area contributed by atoms with Crippen LogP contribution in [0.25, 0.3) is 0 Å². The summed E-state index contributed by atoms with van der Waals surface area (Å²) in [6.07, 6.45) is 2.49. The second kappa shape index (κ2) is 12.4. The fourth-order valence-corrected chi connectivity index (χ4v) is 6.09. The minimum atomic E-state index is -3.68. The molecule has 4 rings (SSSR count). The predicted octanol–water partition coefficient (Wildman–Crippen LogP) is 3.44. The first-order valence-corrected chi connectivity index (χ1v) is 15.1. The monoisotopic (exact) mass is 636 g/mol. The van der Waals surface area contributed by atoms with E-state index in [-0.39, 0.29) is 36.0 Å².